The minimum Gasteiger partial charge on any atom is -0.337 e. The fraction of sp³-hybridized carbons (Fsp3) is 0.444. The average Bonchev–Trinajstić information content (AvgIpc) is 2.99. The Labute approximate surface area is 130 Å². The van der Waals surface area contributed by atoms with Crippen molar-refractivity contribution in [3.8, 4) is 0 Å². The second kappa shape index (κ2) is 5.36. The van der Waals surface area contributed by atoms with Gasteiger partial charge in [-0.3, -0.25) is 9.78 Å². The van der Waals surface area contributed by atoms with Crippen LogP contribution in [0.3, 0.4) is 0 Å². The molecule has 3 unspecified atom stereocenters. The summed E-state index contributed by atoms with van der Waals surface area (Å²) in [5.41, 5.74) is 6.83. The molecule has 2 fully saturated rings. The molecule has 0 bridgehead atoms. The summed E-state index contributed by atoms with van der Waals surface area (Å²) in [5, 5.41) is 2.00. The van der Waals surface area contributed by atoms with Gasteiger partial charge in [-0.1, -0.05) is 30.7 Å². The van der Waals surface area contributed by atoms with E-state index in [4.69, 9.17) is 5.73 Å². The summed E-state index contributed by atoms with van der Waals surface area (Å²) in [6.45, 7) is 1.62. The molecule has 1 aromatic heterocycles. The van der Waals surface area contributed by atoms with Gasteiger partial charge in [0.1, 0.15) is 5.69 Å². The second-order valence-corrected chi connectivity index (χ2v) is 6.61. The number of carbonyl (C=O) groups is 1. The van der Waals surface area contributed by atoms with Crippen LogP contribution < -0.4 is 5.73 Å². The lowest BCUT2D eigenvalue weighted by Gasteiger charge is -2.29. The highest BCUT2D eigenvalue weighted by molar-refractivity contribution is 6.05. The van der Waals surface area contributed by atoms with Crippen LogP contribution in [0.25, 0.3) is 10.8 Å². The van der Waals surface area contributed by atoms with Crippen molar-refractivity contribution in [1.82, 2.24) is 9.88 Å². The van der Waals surface area contributed by atoms with Crippen molar-refractivity contribution in [1.29, 1.82) is 0 Å². The topological polar surface area (TPSA) is 59.2 Å². The van der Waals surface area contributed by atoms with Crippen molar-refractivity contribution in [3.63, 3.8) is 0 Å². The van der Waals surface area contributed by atoms with E-state index in [1.165, 1.54) is 12.8 Å². The predicted octanol–water partition coefficient (Wildman–Crippen LogP) is 2.43. The van der Waals surface area contributed by atoms with Crippen LogP contribution in [0.5, 0.6) is 0 Å². The maximum Gasteiger partial charge on any atom is 0.273 e. The molecule has 22 heavy (non-hydrogen) atoms. The number of amides is 1. The van der Waals surface area contributed by atoms with Crippen molar-refractivity contribution < 1.29 is 4.79 Å². The van der Waals surface area contributed by atoms with E-state index in [1.54, 1.807) is 6.20 Å². The molecule has 1 aliphatic carbocycles. The zero-order valence-corrected chi connectivity index (χ0v) is 12.6. The van der Waals surface area contributed by atoms with E-state index in [2.05, 4.69) is 4.98 Å². The summed E-state index contributed by atoms with van der Waals surface area (Å²) in [6.07, 6.45) is 5.21. The molecule has 114 valence electrons. The number of hydrogen-bond acceptors (Lipinski definition) is 3. The molecule has 1 saturated heterocycles. The van der Waals surface area contributed by atoms with Gasteiger partial charge in [0.15, 0.2) is 0 Å². The molecule has 1 amide bonds. The van der Waals surface area contributed by atoms with Crippen LogP contribution >= 0.6 is 0 Å². The number of rotatable bonds is 1. The maximum atomic E-state index is 12.9. The number of pyridine rings is 1. The van der Waals surface area contributed by atoms with Crippen molar-refractivity contribution in [3.05, 3.63) is 42.2 Å². The molecule has 0 spiro atoms. The Hall–Kier alpha value is -1.94. The minimum absolute atomic E-state index is 0.0541. The van der Waals surface area contributed by atoms with Gasteiger partial charge in [0.05, 0.1) is 0 Å². The molecule has 1 aromatic carbocycles. The standard InChI is InChI=1S/C18H21N3O/c19-16-7-3-5-13-10-21(11-15(13)16)18(22)17-14-6-2-1-4-12(14)8-9-20-17/h1-2,4,6,8-9,13,15-16H,3,5,7,10-11,19H2. The van der Waals surface area contributed by atoms with Gasteiger partial charge in [0.2, 0.25) is 0 Å². The van der Waals surface area contributed by atoms with E-state index in [0.717, 1.165) is 30.3 Å². The first kappa shape index (κ1) is 13.7. The molecular formula is C18H21N3O. The van der Waals surface area contributed by atoms with Crippen LogP contribution in [-0.2, 0) is 0 Å². The van der Waals surface area contributed by atoms with Crippen LogP contribution in [0, 0.1) is 11.8 Å². The molecule has 4 nitrogen and oxygen atoms in total. The molecular weight excluding hydrogens is 274 g/mol. The Morgan fingerprint density at radius 3 is 2.91 bits per heavy atom. The van der Waals surface area contributed by atoms with E-state index >= 15 is 0 Å². The maximum absolute atomic E-state index is 12.9. The number of likely N-dealkylation sites (tertiary alicyclic amines) is 1. The third-order valence-corrected chi connectivity index (χ3v) is 5.32. The Morgan fingerprint density at radius 1 is 1.18 bits per heavy atom. The van der Waals surface area contributed by atoms with Crippen LogP contribution in [0.2, 0.25) is 0 Å². The predicted molar refractivity (Wildman–Crippen MR) is 86.5 cm³/mol. The smallest absolute Gasteiger partial charge is 0.273 e. The third kappa shape index (κ3) is 2.18. The zero-order valence-electron chi connectivity index (χ0n) is 12.6. The summed E-state index contributed by atoms with van der Waals surface area (Å²) in [7, 11) is 0. The molecule has 1 saturated carbocycles. The van der Waals surface area contributed by atoms with E-state index in [0.29, 0.717) is 17.5 Å². The van der Waals surface area contributed by atoms with Gasteiger partial charge in [-0.05, 0) is 36.1 Å². The Morgan fingerprint density at radius 2 is 2.05 bits per heavy atom. The number of benzene rings is 1. The van der Waals surface area contributed by atoms with Gasteiger partial charge in [-0.2, -0.15) is 0 Å². The molecule has 2 aliphatic rings. The van der Waals surface area contributed by atoms with Gasteiger partial charge < -0.3 is 10.6 Å². The molecule has 0 radical (unpaired) electrons. The highest BCUT2D eigenvalue weighted by Crippen LogP contribution is 2.36. The van der Waals surface area contributed by atoms with E-state index in [1.807, 2.05) is 35.2 Å². The number of hydrogen-bond donors (Lipinski definition) is 1. The summed E-state index contributed by atoms with van der Waals surface area (Å²) in [4.78, 5) is 19.3. The summed E-state index contributed by atoms with van der Waals surface area (Å²) in [5.74, 6) is 1.09. The number of carbonyl (C=O) groups excluding carboxylic acids is 1. The number of nitrogens with two attached hydrogens (primary N) is 1. The SMILES string of the molecule is NC1CCCC2CN(C(=O)c3nccc4ccccc34)CC12. The third-order valence-electron chi connectivity index (χ3n) is 5.32. The fourth-order valence-corrected chi connectivity index (χ4v) is 4.12. The molecule has 1 aliphatic heterocycles. The minimum atomic E-state index is 0.0541. The Balaban J connectivity index is 1.64. The van der Waals surface area contributed by atoms with Gasteiger partial charge in [0, 0.05) is 30.7 Å². The van der Waals surface area contributed by atoms with Crippen molar-refractivity contribution in [2.45, 2.75) is 25.3 Å². The highest BCUT2D eigenvalue weighted by Gasteiger charge is 2.40. The quantitative estimate of drug-likeness (QED) is 0.879. The monoisotopic (exact) mass is 295 g/mol. The Bertz CT molecular complexity index is 709. The summed E-state index contributed by atoms with van der Waals surface area (Å²) >= 11 is 0. The molecule has 2 heterocycles. The molecule has 2 aromatic rings. The largest absolute Gasteiger partial charge is 0.337 e. The van der Waals surface area contributed by atoms with Crippen LogP contribution in [0.1, 0.15) is 29.8 Å². The second-order valence-electron chi connectivity index (χ2n) is 6.61. The van der Waals surface area contributed by atoms with Gasteiger partial charge in [-0.15, -0.1) is 0 Å². The van der Waals surface area contributed by atoms with Gasteiger partial charge >= 0.3 is 0 Å². The van der Waals surface area contributed by atoms with Crippen molar-refractivity contribution in [2.24, 2.45) is 17.6 Å². The zero-order chi connectivity index (χ0) is 15.1. The lowest BCUT2D eigenvalue weighted by atomic mass is 9.78. The first-order valence-corrected chi connectivity index (χ1v) is 8.12. The Kier molecular flexibility index (Phi) is 3.34. The average molecular weight is 295 g/mol. The van der Waals surface area contributed by atoms with Crippen LogP contribution in [0.15, 0.2) is 36.5 Å². The van der Waals surface area contributed by atoms with E-state index in [-0.39, 0.29) is 11.9 Å². The van der Waals surface area contributed by atoms with Crippen LogP contribution in [-0.4, -0.2) is 34.9 Å². The lowest BCUT2D eigenvalue weighted by molar-refractivity contribution is 0.0780. The number of fused-ring (bicyclic) bond motifs is 2. The van der Waals surface area contributed by atoms with Crippen LogP contribution in [0.4, 0.5) is 0 Å². The number of nitrogens with zero attached hydrogens (tertiary/aromatic N) is 2. The van der Waals surface area contributed by atoms with Gasteiger partial charge in [0.25, 0.3) is 5.91 Å². The van der Waals surface area contributed by atoms with Gasteiger partial charge in [-0.25, -0.2) is 0 Å². The lowest BCUT2D eigenvalue weighted by Crippen LogP contribution is -2.38. The van der Waals surface area contributed by atoms with Crippen molar-refractivity contribution >= 4 is 16.7 Å². The first-order valence-electron chi connectivity index (χ1n) is 8.12. The fourth-order valence-electron chi connectivity index (χ4n) is 4.12. The molecule has 4 rings (SSSR count). The molecule has 2 N–H and O–H groups in total. The summed E-state index contributed by atoms with van der Waals surface area (Å²) < 4.78 is 0. The number of aromatic nitrogens is 1. The molecule has 3 atom stereocenters. The van der Waals surface area contributed by atoms with Crippen molar-refractivity contribution in [2.75, 3.05) is 13.1 Å². The first-order chi connectivity index (χ1) is 10.7. The normalized spacial score (nSPS) is 27.9. The van der Waals surface area contributed by atoms with E-state index < -0.39 is 0 Å². The summed E-state index contributed by atoms with van der Waals surface area (Å²) in [6, 6.07) is 10.1. The van der Waals surface area contributed by atoms with E-state index in [9.17, 15) is 4.79 Å². The molecule has 4 heteroatoms. The highest BCUT2D eigenvalue weighted by atomic mass is 16.2.